The van der Waals surface area contributed by atoms with E-state index in [-0.39, 0.29) is 27.9 Å². The Morgan fingerprint density at radius 3 is 2.28 bits per heavy atom. The normalized spacial score (nSPS) is 12.0. The highest BCUT2D eigenvalue weighted by Crippen LogP contribution is 2.36. The van der Waals surface area contributed by atoms with Gasteiger partial charge in [-0.1, -0.05) is 56.3 Å². The van der Waals surface area contributed by atoms with Gasteiger partial charge >= 0.3 is 12.1 Å². The molecule has 1 unspecified atom stereocenters. The Labute approximate surface area is 263 Å². The van der Waals surface area contributed by atoms with E-state index in [1.165, 1.54) is 30.5 Å². The number of anilines is 2. The van der Waals surface area contributed by atoms with E-state index in [1.54, 1.807) is 22.9 Å². The van der Waals surface area contributed by atoms with E-state index in [2.05, 4.69) is 24.1 Å². The van der Waals surface area contributed by atoms with Crippen molar-refractivity contribution in [3.8, 4) is 5.69 Å². The maximum atomic E-state index is 13.3. The van der Waals surface area contributed by atoms with Crippen molar-refractivity contribution in [2.75, 3.05) is 18.5 Å². The number of para-hydroxylation sites is 3. The first kappa shape index (κ1) is 33.9. The number of halogens is 3. The lowest BCUT2D eigenvalue weighted by Gasteiger charge is -2.15. The zero-order chi connectivity index (χ0) is 33.6. The molecule has 0 fully saturated rings. The lowest BCUT2D eigenvalue weighted by Crippen LogP contribution is -2.22. The van der Waals surface area contributed by atoms with Crippen molar-refractivity contribution in [1.29, 1.82) is 0 Å². The zero-order valence-electron chi connectivity index (χ0n) is 25.7. The predicted molar refractivity (Wildman–Crippen MR) is 170 cm³/mol. The molecule has 2 aromatic heterocycles. The van der Waals surface area contributed by atoms with Crippen LogP contribution in [0.2, 0.25) is 0 Å². The highest BCUT2D eigenvalue weighted by Gasteiger charge is 2.33. The number of pyridine rings is 1. The van der Waals surface area contributed by atoms with Crippen LogP contribution in [-0.4, -0.2) is 49.8 Å². The van der Waals surface area contributed by atoms with Crippen molar-refractivity contribution < 1.29 is 32.9 Å². The third kappa shape index (κ3) is 7.47. The smallest absolute Gasteiger partial charge is 0.418 e. The molecule has 3 N–H and O–H groups in total. The molecule has 0 aliphatic carbocycles. The van der Waals surface area contributed by atoms with E-state index < -0.39 is 37.0 Å². The molecule has 0 aliphatic rings. The maximum Gasteiger partial charge on any atom is 0.418 e. The standard InChI is InChI=1S/C20H17F3N2O4.C14H18N2O/c21-20(22,23)15-6-3-5-13-17(8-9-24-18(13)15)25-16-7-2-1-4-14(16)19(28)29-11-12(27)10-26;1-10(2)13-11(3)15(4)16(14(13)17)12-8-6-5-7-9-12/h1-9,12,26-27H,10-11H2,(H,24,25);5-10H,1-4H3. The number of benzene rings is 3. The van der Waals surface area contributed by atoms with Gasteiger partial charge in [0.2, 0.25) is 0 Å². The molecule has 5 aromatic rings. The van der Waals surface area contributed by atoms with E-state index in [4.69, 9.17) is 9.84 Å². The summed E-state index contributed by atoms with van der Waals surface area (Å²) in [6.45, 7) is 5.16. The van der Waals surface area contributed by atoms with E-state index in [1.807, 2.05) is 49.0 Å². The monoisotopic (exact) mass is 636 g/mol. The number of nitrogens with one attached hydrogen (secondary N) is 1. The van der Waals surface area contributed by atoms with Crippen LogP contribution in [0.25, 0.3) is 16.6 Å². The summed E-state index contributed by atoms with van der Waals surface area (Å²) in [5.41, 5.74) is 2.62. The molecule has 2 heterocycles. The summed E-state index contributed by atoms with van der Waals surface area (Å²) in [5.74, 6) is -0.506. The summed E-state index contributed by atoms with van der Waals surface area (Å²) < 4.78 is 48.4. The highest BCUT2D eigenvalue weighted by atomic mass is 19.4. The van der Waals surface area contributed by atoms with Gasteiger partial charge in [0.05, 0.1) is 34.6 Å². The molecule has 0 amide bonds. The van der Waals surface area contributed by atoms with Crippen molar-refractivity contribution >= 4 is 28.2 Å². The quantitative estimate of drug-likeness (QED) is 0.176. The highest BCUT2D eigenvalue weighted by molar-refractivity contribution is 6.00. The molecule has 0 bridgehead atoms. The summed E-state index contributed by atoms with van der Waals surface area (Å²) >= 11 is 0. The minimum atomic E-state index is -4.56. The van der Waals surface area contributed by atoms with E-state index in [9.17, 15) is 27.9 Å². The number of fused-ring (bicyclic) bond motifs is 1. The van der Waals surface area contributed by atoms with Gasteiger partial charge in [0.25, 0.3) is 5.56 Å². The van der Waals surface area contributed by atoms with Gasteiger partial charge in [-0.3, -0.25) is 14.5 Å². The summed E-state index contributed by atoms with van der Waals surface area (Å²) in [5, 5.41) is 21.3. The molecule has 0 saturated carbocycles. The van der Waals surface area contributed by atoms with Gasteiger partial charge in [0.1, 0.15) is 12.7 Å². The van der Waals surface area contributed by atoms with E-state index >= 15 is 0 Å². The number of rotatable bonds is 8. The van der Waals surface area contributed by atoms with Gasteiger partial charge in [0, 0.05) is 35.6 Å². The first-order valence-corrected chi connectivity index (χ1v) is 14.5. The fourth-order valence-corrected chi connectivity index (χ4v) is 4.99. The molecule has 242 valence electrons. The fraction of sp³-hybridized carbons (Fsp3) is 0.265. The molecule has 0 radical (unpaired) electrons. The van der Waals surface area contributed by atoms with Crippen molar-refractivity contribution in [1.82, 2.24) is 14.3 Å². The molecule has 46 heavy (non-hydrogen) atoms. The number of ether oxygens (including phenoxy) is 1. The number of aliphatic hydroxyl groups is 2. The van der Waals surface area contributed by atoms with Crippen LogP contribution in [0.4, 0.5) is 24.5 Å². The Bertz CT molecular complexity index is 1870. The second-order valence-corrected chi connectivity index (χ2v) is 10.8. The van der Waals surface area contributed by atoms with Crippen LogP contribution in [0.15, 0.2) is 89.9 Å². The lowest BCUT2D eigenvalue weighted by atomic mass is 10.0. The summed E-state index contributed by atoms with van der Waals surface area (Å²) in [6.07, 6.45) is -4.51. The Morgan fingerprint density at radius 1 is 0.978 bits per heavy atom. The molecule has 3 aromatic carbocycles. The minimum Gasteiger partial charge on any atom is -0.459 e. The second-order valence-electron chi connectivity index (χ2n) is 10.8. The number of aromatic nitrogens is 3. The van der Waals surface area contributed by atoms with Crippen LogP contribution in [0.5, 0.6) is 0 Å². The van der Waals surface area contributed by atoms with Crippen molar-refractivity contribution in [3.05, 3.63) is 118 Å². The molecule has 0 saturated heterocycles. The van der Waals surface area contributed by atoms with Crippen LogP contribution in [0.1, 0.15) is 46.9 Å². The molecule has 12 heteroatoms. The molecular weight excluding hydrogens is 601 g/mol. The zero-order valence-corrected chi connectivity index (χ0v) is 25.7. The van der Waals surface area contributed by atoms with Gasteiger partial charge in [-0.2, -0.15) is 13.2 Å². The number of aliphatic hydroxyl groups excluding tert-OH is 2. The third-order valence-corrected chi connectivity index (χ3v) is 7.29. The molecule has 1 atom stereocenters. The molecule has 5 rings (SSSR count). The van der Waals surface area contributed by atoms with Crippen molar-refractivity contribution in [2.24, 2.45) is 7.05 Å². The lowest BCUT2D eigenvalue weighted by molar-refractivity contribution is -0.136. The third-order valence-electron chi connectivity index (χ3n) is 7.29. The average Bonchev–Trinajstić information content (AvgIpc) is 3.27. The van der Waals surface area contributed by atoms with Gasteiger partial charge in [0.15, 0.2) is 0 Å². The van der Waals surface area contributed by atoms with Crippen LogP contribution in [-0.2, 0) is 18.0 Å². The number of alkyl halides is 3. The summed E-state index contributed by atoms with van der Waals surface area (Å²) in [7, 11) is 1.93. The summed E-state index contributed by atoms with van der Waals surface area (Å²) in [6, 6.07) is 21.3. The molecule has 0 aliphatic heterocycles. The number of carbonyl (C=O) groups excluding carboxylic acids is 1. The number of esters is 1. The van der Waals surface area contributed by atoms with Gasteiger partial charge in [-0.25, -0.2) is 9.48 Å². The van der Waals surface area contributed by atoms with Crippen LogP contribution in [0.3, 0.4) is 0 Å². The van der Waals surface area contributed by atoms with Crippen LogP contribution in [0, 0.1) is 6.92 Å². The topological polar surface area (TPSA) is 119 Å². The van der Waals surface area contributed by atoms with Crippen LogP contribution < -0.4 is 10.9 Å². The second kappa shape index (κ2) is 14.4. The van der Waals surface area contributed by atoms with Crippen molar-refractivity contribution in [3.63, 3.8) is 0 Å². The van der Waals surface area contributed by atoms with Crippen LogP contribution >= 0.6 is 0 Å². The summed E-state index contributed by atoms with van der Waals surface area (Å²) in [4.78, 5) is 28.6. The Kier molecular flexibility index (Phi) is 10.7. The molecular formula is C34H35F3N4O5. The predicted octanol–water partition coefficient (Wildman–Crippen LogP) is 6.12. The fourth-order valence-electron chi connectivity index (χ4n) is 4.99. The first-order valence-electron chi connectivity index (χ1n) is 14.5. The molecule has 9 nitrogen and oxygen atoms in total. The minimum absolute atomic E-state index is 0.0891. The Balaban J connectivity index is 0.000000240. The van der Waals surface area contributed by atoms with Gasteiger partial charge in [-0.05, 0) is 49.2 Å². The van der Waals surface area contributed by atoms with Crippen molar-refractivity contribution in [2.45, 2.75) is 39.0 Å². The average molecular weight is 637 g/mol. The van der Waals surface area contributed by atoms with E-state index in [0.717, 1.165) is 23.0 Å². The SMILES string of the molecule is Cc1c(C(C)C)c(=O)n(-c2ccccc2)n1C.O=C(OCC(O)CO)c1ccccc1Nc1ccnc2c(C(F)(F)F)cccc12. The number of hydrogen-bond acceptors (Lipinski definition) is 7. The Morgan fingerprint density at radius 2 is 1.65 bits per heavy atom. The largest absolute Gasteiger partial charge is 0.459 e. The number of hydrogen-bond donors (Lipinski definition) is 3. The Hall–Kier alpha value is -4.94. The first-order chi connectivity index (χ1) is 21.8. The molecule has 0 spiro atoms. The maximum absolute atomic E-state index is 13.3. The number of carbonyl (C=O) groups is 1. The van der Waals surface area contributed by atoms with Gasteiger partial charge in [-0.15, -0.1) is 0 Å². The van der Waals surface area contributed by atoms with E-state index in [0.29, 0.717) is 11.4 Å². The number of nitrogens with zero attached hydrogens (tertiary/aromatic N) is 3. The van der Waals surface area contributed by atoms with Gasteiger partial charge < -0.3 is 20.3 Å².